The van der Waals surface area contributed by atoms with E-state index in [1.807, 2.05) is 0 Å². The maximum absolute atomic E-state index is 0. The monoisotopic (exact) mass is 1320 g/mol. The van der Waals surface area contributed by atoms with Crippen molar-refractivity contribution in [2.45, 2.75) is 0 Å². The molecule has 0 aromatic carbocycles. The minimum Gasteiger partial charge on any atom is -0.358 e. The van der Waals surface area contributed by atoms with Gasteiger partial charge in [0.25, 0.3) is 0 Å². The Kier molecular flexibility index (Phi) is 838. The average Bonchev–Trinajstić information content (AvgIpc) is 0. The van der Waals surface area contributed by atoms with E-state index in [0.29, 0.717) is 0 Å². The molecular weight excluding hydrogens is 1310 g/mol. The Morgan fingerprint density at radius 3 is 0.333 bits per heavy atom. The van der Waals surface area contributed by atoms with Gasteiger partial charge in [0.2, 0.25) is 0 Å². The molecule has 0 amide bonds. The Bertz CT molecular complexity index is 6.88. The van der Waals surface area contributed by atoms with E-state index >= 15 is 0 Å². The zero-order valence-corrected chi connectivity index (χ0v) is 25.4. The van der Waals surface area contributed by atoms with Gasteiger partial charge in [-0.25, -0.2) is 0 Å². The first-order chi connectivity index (χ1) is 0. The molecule has 0 aromatic heterocycles. The van der Waals surface area contributed by atoms with E-state index < -0.39 is 0 Å². The van der Waals surface area contributed by atoms with E-state index in [1.165, 1.54) is 0 Å². The van der Waals surface area contributed by atoms with Gasteiger partial charge in [-0.1, -0.05) is 0 Å². The van der Waals surface area contributed by atoms with Crippen LogP contribution in [0, 0.1) is 14.9 Å². The molecule has 56 valence electrons. The van der Waals surface area contributed by atoms with Crippen molar-refractivity contribution < 1.29 is 147 Å². The van der Waals surface area contributed by atoms with Gasteiger partial charge in [-0.15, -0.1) is 0 Å². The van der Waals surface area contributed by atoms with Gasteiger partial charge in [0.15, 0.2) is 0 Å². The van der Waals surface area contributed by atoms with Crippen molar-refractivity contribution in [2.75, 3.05) is 0 Å². The Labute approximate surface area is 159 Å². The predicted molar refractivity (Wildman–Crippen MR) is 12.8 cm³/mol. The molecule has 0 fully saturated rings. The van der Waals surface area contributed by atoms with Crippen LogP contribution in [0.25, 0.3) is 0 Å². The summed E-state index contributed by atoms with van der Waals surface area (Å²) in [6.07, 6.45) is 0. The van der Waals surface area contributed by atoms with Crippen LogP contribution in [0.3, 0.4) is 0 Å². The van der Waals surface area contributed by atoms with Gasteiger partial charge in [-0.2, -0.15) is 0 Å². The van der Waals surface area contributed by atoms with Gasteiger partial charge < -0.3 is 14.9 Å². The first-order valence-corrected chi connectivity index (χ1v) is 0. The van der Waals surface area contributed by atoms with Crippen molar-refractivity contribution in [3.05, 3.63) is 14.9 Å². The molecule has 0 heterocycles. The van der Waals surface area contributed by atoms with Crippen molar-refractivity contribution in [2.24, 2.45) is 0 Å². The SMILES string of the molecule is [CH3-].[CH3-].[W+2].[W].[W].[W].[W].[W].[W]. The van der Waals surface area contributed by atoms with E-state index in [2.05, 4.69) is 0 Å². The van der Waals surface area contributed by atoms with Crippen LogP contribution in [-0.4, -0.2) is 0 Å². The molecule has 0 rings (SSSR count). The van der Waals surface area contributed by atoms with Crippen LogP contribution >= 0.6 is 0 Å². The van der Waals surface area contributed by atoms with Crippen LogP contribution in [0.5, 0.6) is 0 Å². The summed E-state index contributed by atoms with van der Waals surface area (Å²) in [6.45, 7) is 0. The molecule has 0 saturated heterocycles. The fourth-order valence-electron chi connectivity index (χ4n) is 0. The first-order valence-electron chi connectivity index (χ1n) is 0. The molecule has 0 bridgehead atoms. The van der Waals surface area contributed by atoms with Crippen molar-refractivity contribution in [3.63, 3.8) is 0 Å². The molecule has 0 atom stereocenters. The molecule has 0 aliphatic carbocycles. The smallest absolute Gasteiger partial charge is 0.358 e. The van der Waals surface area contributed by atoms with Crippen LogP contribution in [0.15, 0.2) is 0 Å². The number of hydrogen-bond donors (Lipinski definition) is 0. The van der Waals surface area contributed by atoms with Crippen molar-refractivity contribution in [1.29, 1.82) is 0 Å². The minimum absolute atomic E-state index is 0. The molecule has 0 N–H and O–H groups in total. The molecule has 0 aliphatic rings. The minimum atomic E-state index is 0. The largest absolute Gasteiger partial charge is 2.00 e. The van der Waals surface area contributed by atoms with Gasteiger partial charge in [-0.05, 0) is 0 Å². The molecule has 0 aliphatic heterocycles. The summed E-state index contributed by atoms with van der Waals surface area (Å²) in [4.78, 5) is 0. The molecule has 0 nitrogen and oxygen atoms in total. The number of rotatable bonds is 0. The van der Waals surface area contributed by atoms with Crippen LogP contribution in [0.1, 0.15) is 0 Å². The summed E-state index contributed by atoms with van der Waals surface area (Å²) in [6, 6.07) is 0. The predicted octanol–water partition coefficient (Wildman–Crippen LogP) is 0.883. The summed E-state index contributed by atoms with van der Waals surface area (Å²) in [5, 5.41) is 0. The second-order valence-electron chi connectivity index (χ2n) is 0. The average molecular weight is 1320 g/mol. The second-order valence-corrected chi connectivity index (χ2v) is 0. The molecule has 0 radical (unpaired) electrons. The van der Waals surface area contributed by atoms with E-state index in [-0.39, 0.29) is 162 Å². The standard InChI is InChI=1S/2CH3.7W/h2*1H3;;;;;;;/q2*-1;;;;;;;+2. The van der Waals surface area contributed by atoms with E-state index in [0.717, 1.165) is 0 Å². The fraction of sp³-hybridized carbons (Fsp3) is 0. The van der Waals surface area contributed by atoms with Gasteiger partial charge in [0.1, 0.15) is 0 Å². The van der Waals surface area contributed by atoms with E-state index in [9.17, 15) is 0 Å². The van der Waals surface area contributed by atoms with E-state index in [1.54, 1.807) is 0 Å². The van der Waals surface area contributed by atoms with Gasteiger partial charge in [-0.3, -0.25) is 0 Å². The Balaban J connectivity index is 0. The Morgan fingerprint density at radius 1 is 0.333 bits per heavy atom. The van der Waals surface area contributed by atoms with Gasteiger partial charge >= 0.3 is 21.1 Å². The fourth-order valence-corrected chi connectivity index (χ4v) is 0. The van der Waals surface area contributed by atoms with E-state index in [4.69, 9.17) is 0 Å². The molecule has 0 saturated carbocycles. The Morgan fingerprint density at radius 2 is 0.333 bits per heavy atom. The van der Waals surface area contributed by atoms with Crippen molar-refractivity contribution >= 4 is 0 Å². The summed E-state index contributed by atoms with van der Waals surface area (Å²) in [5.74, 6) is 0. The zero-order valence-electron chi connectivity index (χ0n) is 4.86. The molecular formula is C2H6W7. The van der Waals surface area contributed by atoms with Crippen molar-refractivity contribution in [1.82, 2.24) is 0 Å². The third-order valence-electron chi connectivity index (χ3n) is 0. The number of hydrogen-bond acceptors (Lipinski definition) is 0. The van der Waals surface area contributed by atoms with Crippen LogP contribution in [0.2, 0.25) is 0 Å². The van der Waals surface area contributed by atoms with Crippen LogP contribution in [0.4, 0.5) is 0 Å². The summed E-state index contributed by atoms with van der Waals surface area (Å²) >= 11 is 0. The molecule has 9 heavy (non-hydrogen) atoms. The normalized spacial score (nSPS) is 0. The van der Waals surface area contributed by atoms with Crippen molar-refractivity contribution in [3.8, 4) is 0 Å². The van der Waals surface area contributed by atoms with Gasteiger partial charge in [0.05, 0.1) is 0 Å². The molecule has 0 spiro atoms. The van der Waals surface area contributed by atoms with Crippen LogP contribution in [-0.2, 0) is 147 Å². The third kappa shape index (κ3) is 64.6. The maximum atomic E-state index is 0. The summed E-state index contributed by atoms with van der Waals surface area (Å²) in [5.41, 5.74) is 0. The topological polar surface area (TPSA) is 0 Å². The molecule has 0 aromatic rings. The molecule has 7 heteroatoms. The third-order valence-corrected chi connectivity index (χ3v) is 0. The second kappa shape index (κ2) is 77.1. The summed E-state index contributed by atoms with van der Waals surface area (Å²) < 4.78 is 0. The molecule has 0 unspecified atom stereocenters. The van der Waals surface area contributed by atoms with Crippen LogP contribution < -0.4 is 0 Å². The first kappa shape index (κ1) is 97.8. The quantitative estimate of drug-likeness (QED) is 0.317. The summed E-state index contributed by atoms with van der Waals surface area (Å²) in [7, 11) is 0. The Hall–Kier alpha value is 4.82. The van der Waals surface area contributed by atoms with Gasteiger partial charge in [0, 0.05) is 126 Å². The maximum Gasteiger partial charge on any atom is 2.00 e. The zero-order chi connectivity index (χ0) is 0.